The predicted octanol–water partition coefficient (Wildman–Crippen LogP) is 6.05. The molecule has 2 aliphatic rings. The normalized spacial score (nSPS) is 17.5. The van der Waals surface area contributed by atoms with Crippen LogP contribution in [0.5, 0.6) is 17.4 Å². The monoisotopic (exact) mass is 620 g/mol. The summed E-state index contributed by atoms with van der Waals surface area (Å²) in [5.74, 6) is 0.338. The molecule has 0 saturated carbocycles. The lowest BCUT2D eigenvalue weighted by Crippen LogP contribution is -2.41. The number of halogens is 3. The molecule has 6 heterocycles. The smallest absolute Gasteiger partial charge is 0.421 e. The van der Waals surface area contributed by atoms with Crippen LogP contribution in [-0.4, -0.2) is 68.6 Å². The molecule has 234 valence electrons. The summed E-state index contributed by atoms with van der Waals surface area (Å²) in [6, 6.07) is 7.48. The zero-order valence-corrected chi connectivity index (χ0v) is 24.7. The summed E-state index contributed by atoms with van der Waals surface area (Å²) in [4.78, 5) is 32.7. The summed E-state index contributed by atoms with van der Waals surface area (Å²) in [6.07, 6.45) is 1.18. The number of carbonyl (C=O) groups excluding carboxylic acids is 1. The van der Waals surface area contributed by atoms with E-state index in [1.807, 2.05) is 20.0 Å². The van der Waals surface area contributed by atoms with Crippen LogP contribution in [0.1, 0.15) is 54.6 Å². The van der Waals surface area contributed by atoms with Crippen molar-refractivity contribution in [3.63, 3.8) is 0 Å². The zero-order valence-electron chi connectivity index (χ0n) is 24.7. The molecule has 2 amide bonds. The van der Waals surface area contributed by atoms with E-state index in [1.54, 1.807) is 30.6 Å². The van der Waals surface area contributed by atoms with Gasteiger partial charge in [0.25, 0.3) is 0 Å². The lowest BCUT2D eigenvalue weighted by atomic mass is 9.92. The van der Waals surface area contributed by atoms with Crippen molar-refractivity contribution in [2.24, 2.45) is 0 Å². The van der Waals surface area contributed by atoms with Gasteiger partial charge < -0.3 is 29.6 Å². The van der Waals surface area contributed by atoms with Crippen LogP contribution in [0, 0.1) is 11.3 Å². The maximum absolute atomic E-state index is 14.0. The first-order valence-electron chi connectivity index (χ1n) is 14.6. The predicted molar refractivity (Wildman–Crippen MR) is 158 cm³/mol. The van der Waals surface area contributed by atoms with Crippen LogP contribution in [0.4, 0.5) is 23.7 Å². The first kappa shape index (κ1) is 30.1. The van der Waals surface area contributed by atoms with Gasteiger partial charge >= 0.3 is 12.2 Å². The number of hydrogen-bond donors (Lipinski definition) is 2. The van der Waals surface area contributed by atoms with Crippen LogP contribution in [0.15, 0.2) is 42.9 Å². The van der Waals surface area contributed by atoms with Crippen LogP contribution in [0.2, 0.25) is 0 Å². The fourth-order valence-electron chi connectivity index (χ4n) is 5.71. The summed E-state index contributed by atoms with van der Waals surface area (Å²) in [5.41, 5.74) is 1.33. The second kappa shape index (κ2) is 12.2. The molecule has 4 aromatic rings. The van der Waals surface area contributed by atoms with E-state index >= 15 is 0 Å². The Balaban J connectivity index is 1.19. The molecule has 1 fully saturated rings. The lowest BCUT2D eigenvalue weighted by Gasteiger charge is -2.33. The molecule has 0 radical (unpaired) electrons. The number of nitriles is 1. The zero-order chi connectivity index (χ0) is 31.7. The summed E-state index contributed by atoms with van der Waals surface area (Å²) in [5, 5.41) is 12.5. The number of anilines is 1. The van der Waals surface area contributed by atoms with Crippen LogP contribution in [0.3, 0.4) is 0 Å². The summed E-state index contributed by atoms with van der Waals surface area (Å²) < 4.78 is 53.8. The second-order valence-corrected chi connectivity index (χ2v) is 11.3. The Kier molecular flexibility index (Phi) is 8.20. The number of urea groups is 1. The van der Waals surface area contributed by atoms with Crippen molar-refractivity contribution in [3.05, 3.63) is 65.4 Å². The molecule has 11 nitrogen and oxygen atoms in total. The number of pyridine rings is 3. The molecule has 0 bridgehead atoms. The minimum Gasteiger partial charge on any atom is -0.474 e. The molecule has 0 aliphatic carbocycles. The van der Waals surface area contributed by atoms with E-state index in [1.165, 1.54) is 11.1 Å². The quantitative estimate of drug-likeness (QED) is 0.266. The van der Waals surface area contributed by atoms with E-state index in [0.717, 1.165) is 30.4 Å². The van der Waals surface area contributed by atoms with Crippen molar-refractivity contribution < 1.29 is 27.4 Å². The highest BCUT2D eigenvalue weighted by atomic mass is 19.4. The number of nitrogens with zero attached hydrogens (tertiary/aromatic N) is 6. The molecular formula is C31H31F3N8O3. The van der Waals surface area contributed by atoms with Gasteiger partial charge in [-0.3, -0.25) is 4.98 Å². The number of amides is 2. The van der Waals surface area contributed by atoms with Crippen molar-refractivity contribution in [3.8, 4) is 23.4 Å². The van der Waals surface area contributed by atoms with Gasteiger partial charge in [0.05, 0.1) is 29.2 Å². The van der Waals surface area contributed by atoms with E-state index in [0.29, 0.717) is 54.0 Å². The van der Waals surface area contributed by atoms with Gasteiger partial charge in [-0.25, -0.2) is 14.8 Å². The molecule has 4 aromatic heterocycles. The molecule has 6 rings (SSSR count). The summed E-state index contributed by atoms with van der Waals surface area (Å²) >= 11 is 0. The number of H-pyrrole nitrogens is 1. The fourth-order valence-corrected chi connectivity index (χ4v) is 5.71. The van der Waals surface area contributed by atoms with Gasteiger partial charge in [-0.1, -0.05) is 6.92 Å². The van der Waals surface area contributed by atoms with Gasteiger partial charge in [0.15, 0.2) is 0 Å². The maximum Gasteiger partial charge on any atom is 0.421 e. The number of rotatable bonds is 6. The number of likely N-dealkylation sites (tertiary alicyclic amines) is 1. The number of nitrogens with one attached hydrogen (secondary N) is 2. The molecule has 2 aliphatic heterocycles. The van der Waals surface area contributed by atoms with Crippen molar-refractivity contribution >= 4 is 22.8 Å². The highest BCUT2D eigenvalue weighted by Crippen LogP contribution is 2.38. The van der Waals surface area contributed by atoms with Gasteiger partial charge in [-0.15, -0.1) is 0 Å². The maximum atomic E-state index is 14.0. The number of hydrogen-bond acceptors (Lipinski definition) is 8. The molecule has 14 heteroatoms. The average molecular weight is 621 g/mol. The van der Waals surface area contributed by atoms with Gasteiger partial charge in [-0.2, -0.15) is 18.4 Å². The highest BCUT2D eigenvalue weighted by Gasteiger charge is 2.37. The third-order valence-electron chi connectivity index (χ3n) is 8.14. The number of aromatic nitrogens is 4. The van der Waals surface area contributed by atoms with E-state index in [4.69, 9.17) is 9.47 Å². The lowest BCUT2D eigenvalue weighted by molar-refractivity contribution is -0.139. The summed E-state index contributed by atoms with van der Waals surface area (Å²) in [6.45, 7) is 3.95. The number of aromatic amines is 1. The molecule has 45 heavy (non-hydrogen) atoms. The standard InChI is InChI=1S/C31H31F3N8O3/c1-3-18-16-42(17-19-10-23(15-37-27(18)19)44-26-4-7-36-28-24(26)11-20(13-35)39-28)30(43)40-21-12-25(31(32,33)34)29(38-14-21)45-22-5-8-41(2)9-6-22/h4,7,10-12,14-15,18,22H,3,5-6,8-9,16-17H2,1-2H3,(H,36,39)(H,40,43)/t18-/m1/s1. The Labute approximate surface area is 257 Å². The molecule has 1 atom stereocenters. The third kappa shape index (κ3) is 6.48. The number of alkyl halides is 3. The Morgan fingerprint density at radius 2 is 1.98 bits per heavy atom. The van der Waals surface area contributed by atoms with Crippen molar-refractivity contribution in [1.29, 1.82) is 5.26 Å². The topological polar surface area (TPSA) is 132 Å². The minimum absolute atomic E-state index is 0.0814. The Bertz CT molecular complexity index is 1760. The van der Waals surface area contributed by atoms with Crippen LogP contribution >= 0.6 is 0 Å². The molecule has 0 spiro atoms. The van der Waals surface area contributed by atoms with E-state index in [-0.39, 0.29) is 24.3 Å². The number of carbonyl (C=O) groups is 1. The molecule has 0 unspecified atom stereocenters. The van der Waals surface area contributed by atoms with Crippen LogP contribution in [-0.2, 0) is 12.7 Å². The fraction of sp³-hybridized carbons (Fsp3) is 0.387. The number of ether oxygens (including phenoxy) is 2. The third-order valence-corrected chi connectivity index (χ3v) is 8.14. The van der Waals surface area contributed by atoms with E-state index in [9.17, 15) is 23.2 Å². The Morgan fingerprint density at radius 1 is 1.18 bits per heavy atom. The van der Waals surface area contributed by atoms with Crippen LogP contribution in [0.25, 0.3) is 11.0 Å². The average Bonchev–Trinajstić information content (AvgIpc) is 3.46. The van der Waals surface area contributed by atoms with Crippen molar-refractivity contribution in [2.45, 2.75) is 50.9 Å². The molecule has 2 N–H and O–H groups in total. The van der Waals surface area contributed by atoms with Crippen molar-refractivity contribution in [2.75, 3.05) is 32.0 Å². The van der Waals surface area contributed by atoms with Gasteiger partial charge in [0, 0.05) is 38.3 Å². The highest BCUT2D eigenvalue weighted by molar-refractivity contribution is 5.89. The van der Waals surface area contributed by atoms with E-state index < -0.39 is 23.7 Å². The molecule has 1 saturated heterocycles. The van der Waals surface area contributed by atoms with Crippen LogP contribution < -0.4 is 14.8 Å². The Hall–Kier alpha value is -4.90. The SMILES string of the molecule is CC[C@@H]1CN(C(=O)Nc2cnc(OC3CCN(C)CC3)c(C(F)(F)F)c2)Cc2cc(Oc3ccnc4[nH]c(C#N)cc34)cnc21. The Morgan fingerprint density at radius 3 is 2.71 bits per heavy atom. The first-order chi connectivity index (χ1) is 21.6. The van der Waals surface area contributed by atoms with Crippen molar-refractivity contribution in [1.82, 2.24) is 29.7 Å². The van der Waals surface area contributed by atoms with Gasteiger partial charge in [0.1, 0.15) is 40.6 Å². The number of fused-ring (bicyclic) bond motifs is 2. The molecular weight excluding hydrogens is 589 g/mol. The first-order valence-corrected chi connectivity index (χ1v) is 14.6. The van der Waals surface area contributed by atoms with Gasteiger partial charge in [-0.05, 0) is 56.1 Å². The largest absolute Gasteiger partial charge is 0.474 e. The summed E-state index contributed by atoms with van der Waals surface area (Å²) in [7, 11) is 1.95. The van der Waals surface area contributed by atoms with Gasteiger partial charge in [0.2, 0.25) is 5.88 Å². The second-order valence-electron chi connectivity index (χ2n) is 11.3. The van der Waals surface area contributed by atoms with E-state index in [2.05, 4.69) is 30.2 Å². The number of piperidine rings is 1. The minimum atomic E-state index is -4.72. The molecule has 0 aromatic carbocycles.